The van der Waals surface area contributed by atoms with Crippen molar-refractivity contribution in [1.82, 2.24) is 4.98 Å². The number of oxazole rings is 1. The van der Waals surface area contributed by atoms with Gasteiger partial charge in [-0.3, -0.25) is 0 Å². The van der Waals surface area contributed by atoms with Crippen molar-refractivity contribution in [2.45, 2.75) is 26.6 Å². The molecule has 2 N–H and O–H groups in total. The average Bonchev–Trinajstić information content (AvgIpc) is 2.43. The Morgan fingerprint density at radius 3 is 2.85 bits per heavy atom. The van der Waals surface area contributed by atoms with E-state index in [2.05, 4.69) is 4.98 Å². The first-order valence-corrected chi connectivity index (χ1v) is 3.90. The highest BCUT2D eigenvalue weighted by atomic mass is 16.5. The molecule has 0 saturated carbocycles. The number of hydrogen-bond acceptors (Lipinski definition) is 5. The van der Waals surface area contributed by atoms with Gasteiger partial charge in [-0.1, -0.05) is 0 Å². The van der Waals surface area contributed by atoms with Crippen LogP contribution in [-0.4, -0.2) is 11.1 Å². The van der Waals surface area contributed by atoms with Crippen molar-refractivity contribution in [3.63, 3.8) is 0 Å². The van der Waals surface area contributed by atoms with Crippen molar-refractivity contribution >= 4 is 5.88 Å². The molecule has 0 aliphatic heterocycles. The van der Waals surface area contributed by atoms with E-state index < -0.39 is 0 Å². The monoisotopic (exact) mass is 181 g/mol. The average molecular weight is 181 g/mol. The molecule has 1 heterocycles. The van der Waals surface area contributed by atoms with Crippen LogP contribution in [0.2, 0.25) is 0 Å². The number of nitrogens with two attached hydrogens (primary N) is 1. The second-order valence-electron chi connectivity index (χ2n) is 2.79. The number of aromatic nitrogens is 1. The summed E-state index contributed by atoms with van der Waals surface area (Å²) in [5, 5.41) is 8.52. The van der Waals surface area contributed by atoms with E-state index in [0.717, 1.165) is 0 Å². The highest BCUT2D eigenvalue weighted by Crippen LogP contribution is 2.12. The van der Waals surface area contributed by atoms with Gasteiger partial charge in [-0.05, 0) is 13.8 Å². The second kappa shape index (κ2) is 3.92. The van der Waals surface area contributed by atoms with Crippen molar-refractivity contribution < 1.29 is 9.15 Å². The Hall–Kier alpha value is -1.54. The fraction of sp³-hybridized carbons (Fsp3) is 0.500. The van der Waals surface area contributed by atoms with E-state index in [-0.39, 0.29) is 24.3 Å². The summed E-state index contributed by atoms with van der Waals surface area (Å²) in [6, 6.07) is 1.82. The minimum absolute atomic E-state index is 0.0462. The number of nitrogens with zero attached hydrogens (tertiary/aromatic N) is 2. The quantitative estimate of drug-likeness (QED) is 0.753. The molecule has 0 spiro atoms. The Balaban J connectivity index is 2.64. The molecule has 13 heavy (non-hydrogen) atoms. The van der Waals surface area contributed by atoms with Crippen LogP contribution in [-0.2, 0) is 11.3 Å². The normalized spacial score (nSPS) is 10.3. The van der Waals surface area contributed by atoms with Crippen molar-refractivity contribution in [1.29, 1.82) is 5.26 Å². The molecule has 1 aromatic heterocycles. The molecule has 70 valence electrons. The van der Waals surface area contributed by atoms with E-state index >= 15 is 0 Å². The summed E-state index contributed by atoms with van der Waals surface area (Å²) in [4.78, 5) is 3.82. The van der Waals surface area contributed by atoms with Crippen molar-refractivity contribution in [3.8, 4) is 6.07 Å². The predicted molar refractivity (Wildman–Crippen MR) is 45.6 cm³/mol. The number of nitrogen functional groups attached to an aromatic ring is 1. The number of rotatable bonds is 3. The summed E-state index contributed by atoms with van der Waals surface area (Å²) in [5.41, 5.74) is 5.46. The van der Waals surface area contributed by atoms with E-state index in [9.17, 15) is 0 Å². The Morgan fingerprint density at radius 1 is 1.69 bits per heavy atom. The summed E-state index contributed by atoms with van der Waals surface area (Å²) < 4.78 is 10.2. The zero-order chi connectivity index (χ0) is 9.84. The third-order valence-electron chi connectivity index (χ3n) is 1.34. The van der Waals surface area contributed by atoms with Gasteiger partial charge >= 0.3 is 0 Å². The molecule has 0 saturated heterocycles. The van der Waals surface area contributed by atoms with Gasteiger partial charge in [-0.2, -0.15) is 10.2 Å². The smallest absolute Gasteiger partial charge is 0.229 e. The zero-order valence-electron chi connectivity index (χ0n) is 7.57. The van der Waals surface area contributed by atoms with Crippen molar-refractivity contribution in [2.24, 2.45) is 0 Å². The number of hydrogen-bond donors (Lipinski definition) is 1. The molecule has 5 nitrogen and oxygen atoms in total. The molecule has 0 radical (unpaired) electrons. The van der Waals surface area contributed by atoms with Gasteiger partial charge in [0, 0.05) is 0 Å². The molecule has 5 heteroatoms. The predicted octanol–water partition coefficient (Wildman–Crippen LogP) is 1.05. The SMILES string of the molecule is CC(C)OCc1nc(C#N)c(N)o1. The second-order valence-corrected chi connectivity index (χ2v) is 2.79. The lowest BCUT2D eigenvalue weighted by Gasteiger charge is -2.02. The minimum Gasteiger partial charge on any atom is -0.422 e. The Kier molecular flexibility index (Phi) is 2.88. The first kappa shape index (κ1) is 9.55. The van der Waals surface area contributed by atoms with Crippen LogP contribution in [0, 0.1) is 11.3 Å². The van der Waals surface area contributed by atoms with Crippen LogP contribution in [0.1, 0.15) is 25.4 Å². The van der Waals surface area contributed by atoms with Gasteiger partial charge in [0.15, 0.2) is 0 Å². The molecule has 0 aromatic carbocycles. The third kappa shape index (κ3) is 2.46. The lowest BCUT2D eigenvalue weighted by Crippen LogP contribution is -2.02. The Bertz CT molecular complexity index is 325. The summed E-state index contributed by atoms with van der Waals surface area (Å²) in [6.45, 7) is 4.04. The standard InChI is InChI=1S/C8H11N3O2/c1-5(2)12-4-7-11-6(3-9)8(10)13-7/h5H,4,10H2,1-2H3. The topological polar surface area (TPSA) is 85.1 Å². The van der Waals surface area contributed by atoms with E-state index in [1.54, 1.807) is 0 Å². The molecular weight excluding hydrogens is 170 g/mol. The summed E-state index contributed by atoms with van der Waals surface area (Å²) >= 11 is 0. The number of nitriles is 1. The van der Waals surface area contributed by atoms with Crippen molar-refractivity contribution in [2.75, 3.05) is 5.73 Å². The van der Waals surface area contributed by atoms with Crippen molar-refractivity contribution in [3.05, 3.63) is 11.6 Å². The fourth-order valence-corrected chi connectivity index (χ4v) is 0.758. The van der Waals surface area contributed by atoms with Gasteiger partial charge in [0.25, 0.3) is 0 Å². The lowest BCUT2D eigenvalue weighted by atomic mass is 10.5. The van der Waals surface area contributed by atoms with Gasteiger partial charge in [0.1, 0.15) is 12.7 Å². The highest BCUT2D eigenvalue weighted by molar-refractivity contribution is 5.40. The molecule has 0 atom stereocenters. The minimum atomic E-state index is 0.0462. The Morgan fingerprint density at radius 2 is 2.38 bits per heavy atom. The molecule has 0 unspecified atom stereocenters. The van der Waals surface area contributed by atoms with E-state index in [0.29, 0.717) is 5.89 Å². The van der Waals surface area contributed by atoms with Gasteiger partial charge < -0.3 is 14.9 Å². The Labute approximate surface area is 76.1 Å². The van der Waals surface area contributed by atoms with Crippen LogP contribution < -0.4 is 5.73 Å². The van der Waals surface area contributed by atoms with Crippen LogP contribution in [0.4, 0.5) is 5.88 Å². The van der Waals surface area contributed by atoms with E-state index in [1.165, 1.54) is 0 Å². The third-order valence-corrected chi connectivity index (χ3v) is 1.34. The van der Waals surface area contributed by atoms with Gasteiger partial charge in [0.2, 0.25) is 17.5 Å². The number of ether oxygens (including phenoxy) is 1. The van der Waals surface area contributed by atoms with E-state index in [4.69, 9.17) is 20.1 Å². The van der Waals surface area contributed by atoms with Crippen LogP contribution in [0.25, 0.3) is 0 Å². The van der Waals surface area contributed by atoms with Crippen LogP contribution in [0.5, 0.6) is 0 Å². The van der Waals surface area contributed by atoms with Crippen LogP contribution >= 0.6 is 0 Å². The summed E-state index contributed by atoms with van der Waals surface area (Å²) in [5.74, 6) is 0.382. The molecule has 0 bridgehead atoms. The molecule has 0 aliphatic carbocycles. The van der Waals surface area contributed by atoms with Gasteiger partial charge in [0.05, 0.1) is 6.10 Å². The first-order valence-electron chi connectivity index (χ1n) is 3.90. The maximum atomic E-state index is 8.52. The molecular formula is C8H11N3O2. The highest BCUT2D eigenvalue weighted by Gasteiger charge is 2.09. The fourth-order valence-electron chi connectivity index (χ4n) is 0.758. The van der Waals surface area contributed by atoms with Gasteiger partial charge in [-0.15, -0.1) is 0 Å². The van der Waals surface area contributed by atoms with Crippen LogP contribution in [0.3, 0.4) is 0 Å². The van der Waals surface area contributed by atoms with Crippen LogP contribution in [0.15, 0.2) is 4.42 Å². The first-order chi connectivity index (χ1) is 6.13. The molecule has 0 aliphatic rings. The van der Waals surface area contributed by atoms with E-state index in [1.807, 2.05) is 19.9 Å². The maximum Gasteiger partial charge on any atom is 0.229 e. The molecule has 1 rings (SSSR count). The largest absolute Gasteiger partial charge is 0.422 e. The summed E-state index contributed by atoms with van der Waals surface area (Å²) in [6.07, 6.45) is 0.0960. The number of anilines is 1. The zero-order valence-corrected chi connectivity index (χ0v) is 7.57. The molecule has 0 fully saturated rings. The summed E-state index contributed by atoms with van der Waals surface area (Å²) in [7, 11) is 0. The molecule has 1 aromatic rings. The molecule has 0 amide bonds. The van der Waals surface area contributed by atoms with Gasteiger partial charge in [-0.25, -0.2) is 0 Å². The lowest BCUT2D eigenvalue weighted by molar-refractivity contribution is 0.0521. The maximum absolute atomic E-state index is 8.52.